The largest absolute Gasteiger partial charge is 0.462 e. The van der Waals surface area contributed by atoms with Gasteiger partial charge in [0, 0.05) is 30.0 Å². The monoisotopic (exact) mass is 390 g/mol. The van der Waals surface area contributed by atoms with Crippen molar-refractivity contribution in [3.05, 3.63) is 57.9 Å². The van der Waals surface area contributed by atoms with E-state index in [4.69, 9.17) is 21.1 Å². The van der Waals surface area contributed by atoms with Gasteiger partial charge in [0.1, 0.15) is 6.61 Å². The average molecular weight is 391 g/mol. The van der Waals surface area contributed by atoms with Crippen LogP contribution in [0.25, 0.3) is 0 Å². The Balaban J connectivity index is 1.65. The summed E-state index contributed by atoms with van der Waals surface area (Å²) in [7, 11) is 0. The molecule has 7 heteroatoms. The lowest BCUT2D eigenvalue weighted by atomic mass is 10.1. The number of hydrogen-bond donors (Lipinski definition) is 0. The number of esters is 1. The van der Waals surface area contributed by atoms with Crippen molar-refractivity contribution in [2.45, 2.75) is 40.0 Å². The molecule has 1 aliphatic rings. The van der Waals surface area contributed by atoms with Crippen molar-refractivity contribution < 1.29 is 19.1 Å². The molecule has 27 heavy (non-hydrogen) atoms. The van der Waals surface area contributed by atoms with E-state index >= 15 is 0 Å². The van der Waals surface area contributed by atoms with E-state index in [2.05, 4.69) is 0 Å². The fourth-order valence-corrected chi connectivity index (χ4v) is 3.53. The van der Waals surface area contributed by atoms with E-state index in [9.17, 15) is 9.59 Å². The van der Waals surface area contributed by atoms with Gasteiger partial charge in [-0.3, -0.25) is 0 Å². The number of rotatable bonds is 4. The minimum absolute atomic E-state index is 0.172. The van der Waals surface area contributed by atoms with Gasteiger partial charge in [0.25, 0.3) is 0 Å². The smallest absolute Gasteiger partial charge is 0.410 e. The van der Waals surface area contributed by atoms with E-state index in [0.29, 0.717) is 30.3 Å². The highest BCUT2D eigenvalue weighted by atomic mass is 35.5. The Bertz CT molecular complexity index is 826. The van der Waals surface area contributed by atoms with Crippen LogP contribution in [0.3, 0.4) is 0 Å². The van der Waals surface area contributed by atoms with Crippen molar-refractivity contribution in [2.24, 2.45) is 0 Å². The van der Waals surface area contributed by atoms with E-state index in [1.165, 1.54) is 0 Å². The summed E-state index contributed by atoms with van der Waals surface area (Å²) in [5.41, 5.74) is 3.28. The summed E-state index contributed by atoms with van der Waals surface area (Å²) >= 11 is 6.05. The molecule has 1 aromatic heterocycles. The number of aromatic nitrogens is 1. The van der Waals surface area contributed by atoms with Gasteiger partial charge in [-0.05, 0) is 49.6 Å². The molecule has 0 unspecified atom stereocenters. The first-order valence-corrected chi connectivity index (χ1v) is 9.38. The maximum Gasteiger partial charge on any atom is 0.410 e. The fourth-order valence-electron chi connectivity index (χ4n) is 3.22. The molecule has 0 bridgehead atoms. The second kappa shape index (κ2) is 8.48. The summed E-state index contributed by atoms with van der Waals surface area (Å²) in [6, 6.07) is 7.38. The molecule has 0 saturated carbocycles. The quantitative estimate of drug-likeness (QED) is 0.735. The highest BCUT2D eigenvalue weighted by Crippen LogP contribution is 2.19. The van der Waals surface area contributed by atoms with Crippen LogP contribution in [0.1, 0.15) is 40.5 Å². The number of hydrogen-bond acceptors (Lipinski definition) is 4. The minimum Gasteiger partial charge on any atom is -0.462 e. The zero-order chi connectivity index (χ0) is 19.4. The zero-order valence-electron chi connectivity index (χ0n) is 15.5. The van der Waals surface area contributed by atoms with Crippen molar-refractivity contribution >= 4 is 23.7 Å². The number of aryl methyl sites for hydroxylation is 2. The number of benzene rings is 1. The summed E-state index contributed by atoms with van der Waals surface area (Å²) in [5.74, 6) is -0.344. The Labute approximate surface area is 163 Å². The maximum atomic E-state index is 12.5. The van der Waals surface area contributed by atoms with E-state index in [0.717, 1.165) is 29.8 Å². The zero-order valence-corrected chi connectivity index (χ0v) is 16.3. The molecule has 0 radical (unpaired) electrons. The van der Waals surface area contributed by atoms with Crippen molar-refractivity contribution in [1.82, 2.24) is 9.47 Å². The first-order valence-electron chi connectivity index (χ1n) is 9.00. The van der Waals surface area contributed by atoms with Gasteiger partial charge in [0.15, 0.2) is 0 Å². The maximum absolute atomic E-state index is 12.5. The molecular formula is C20H23ClN2O4. The van der Waals surface area contributed by atoms with Gasteiger partial charge in [-0.2, -0.15) is 0 Å². The Morgan fingerprint density at radius 3 is 2.70 bits per heavy atom. The van der Waals surface area contributed by atoms with Gasteiger partial charge in [-0.25, -0.2) is 9.59 Å². The molecule has 0 aliphatic carbocycles. The van der Waals surface area contributed by atoms with Gasteiger partial charge >= 0.3 is 12.1 Å². The van der Waals surface area contributed by atoms with Crippen molar-refractivity contribution in [2.75, 3.05) is 13.2 Å². The lowest BCUT2D eigenvalue weighted by Gasteiger charge is -2.19. The van der Waals surface area contributed by atoms with Crippen molar-refractivity contribution in [3.8, 4) is 0 Å². The molecule has 0 fully saturated rings. The lowest BCUT2D eigenvalue weighted by Crippen LogP contribution is -2.31. The number of carbonyl (C=O) groups is 2. The molecule has 0 atom stereocenters. The Kier molecular flexibility index (Phi) is 6.06. The predicted octanol–water partition coefficient (Wildman–Crippen LogP) is 4.17. The SMILES string of the molecule is CCOC(=O)c1cc2n(c1)CCCN(C(=O)OCc1cc(C)cc(Cl)c1)C2. The van der Waals surface area contributed by atoms with Crippen LogP contribution < -0.4 is 0 Å². The van der Waals surface area contributed by atoms with Gasteiger partial charge in [0.2, 0.25) is 0 Å². The molecule has 0 spiro atoms. The Morgan fingerprint density at radius 1 is 1.15 bits per heavy atom. The summed E-state index contributed by atoms with van der Waals surface area (Å²) in [6.07, 6.45) is 2.20. The van der Waals surface area contributed by atoms with E-state index in [-0.39, 0.29) is 18.7 Å². The topological polar surface area (TPSA) is 60.8 Å². The number of ether oxygens (including phenoxy) is 2. The standard InChI is InChI=1S/C20H23ClN2O4/c1-3-26-19(24)16-10-18-12-23(6-4-5-22(18)11-16)20(25)27-13-15-7-14(2)8-17(21)9-15/h7-11H,3-6,12-13H2,1-2H3. The molecule has 1 amide bonds. The highest BCUT2D eigenvalue weighted by molar-refractivity contribution is 6.30. The molecule has 2 aromatic rings. The molecule has 2 heterocycles. The molecule has 6 nitrogen and oxygen atoms in total. The minimum atomic E-state index is -0.375. The first kappa shape index (κ1) is 19.3. The summed E-state index contributed by atoms with van der Waals surface area (Å²) in [5, 5.41) is 0.625. The number of halogens is 1. The summed E-state index contributed by atoms with van der Waals surface area (Å²) in [4.78, 5) is 26.1. The molecule has 3 rings (SSSR count). The molecule has 1 aliphatic heterocycles. The predicted molar refractivity (Wildman–Crippen MR) is 102 cm³/mol. The third-order valence-corrected chi connectivity index (χ3v) is 4.62. The number of nitrogens with zero attached hydrogens (tertiary/aromatic N) is 2. The van der Waals surface area contributed by atoms with E-state index < -0.39 is 0 Å². The average Bonchev–Trinajstić information content (AvgIpc) is 2.91. The van der Waals surface area contributed by atoms with Crippen molar-refractivity contribution in [3.63, 3.8) is 0 Å². The lowest BCUT2D eigenvalue weighted by molar-refractivity contribution is 0.0526. The highest BCUT2D eigenvalue weighted by Gasteiger charge is 2.22. The second-order valence-corrected chi connectivity index (χ2v) is 7.04. The van der Waals surface area contributed by atoms with Crippen LogP contribution in [0.15, 0.2) is 30.5 Å². The Hall–Kier alpha value is -2.47. The van der Waals surface area contributed by atoms with Crippen LogP contribution in [-0.2, 0) is 29.2 Å². The van der Waals surface area contributed by atoms with Crippen LogP contribution in [0.2, 0.25) is 5.02 Å². The first-order chi connectivity index (χ1) is 13.0. The van der Waals surface area contributed by atoms with Crippen LogP contribution in [-0.4, -0.2) is 34.7 Å². The molecule has 144 valence electrons. The van der Waals surface area contributed by atoms with Gasteiger partial charge < -0.3 is 18.9 Å². The van der Waals surface area contributed by atoms with Crippen LogP contribution >= 0.6 is 11.6 Å². The van der Waals surface area contributed by atoms with E-state index in [1.54, 1.807) is 30.2 Å². The van der Waals surface area contributed by atoms with Crippen LogP contribution in [0.4, 0.5) is 4.79 Å². The van der Waals surface area contributed by atoms with Crippen LogP contribution in [0.5, 0.6) is 0 Å². The van der Waals surface area contributed by atoms with E-state index in [1.807, 2.05) is 23.6 Å². The summed E-state index contributed by atoms with van der Waals surface area (Å²) in [6.45, 7) is 5.97. The third kappa shape index (κ3) is 4.83. The van der Waals surface area contributed by atoms with Gasteiger partial charge in [-0.15, -0.1) is 0 Å². The number of amides is 1. The van der Waals surface area contributed by atoms with Gasteiger partial charge in [0.05, 0.1) is 18.7 Å². The third-order valence-electron chi connectivity index (χ3n) is 4.40. The van der Waals surface area contributed by atoms with Gasteiger partial charge in [-0.1, -0.05) is 17.7 Å². The molecule has 0 N–H and O–H groups in total. The summed E-state index contributed by atoms with van der Waals surface area (Å²) < 4.78 is 12.5. The second-order valence-electron chi connectivity index (χ2n) is 6.60. The number of fused-ring (bicyclic) bond motifs is 1. The molecule has 0 saturated heterocycles. The molecular weight excluding hydrogens is 368 g/mol. The number of carbonyl (C=O) groups excluding carboxylic acids is 2. The molecule has 1 aromatic carbocycles. The normalized spacial score (nSPS) is 13.7. The Morgan fingerprint density at radius 2 is 1.96 bits per heavy atom. The fraction of sp³-hybridized carbons (Fsp3) is 0.400. The van der Waals surface area contributed by atoms with Crippen molar-refractivity contribution in [1.29, 1.82) is 0 Å². The van der Waals surface area contributed by atoms with Crippen LogP contribution in [0, 0.1) is 6.92 Å².